The maximum absolute atomic E-state index is 14.8. The zero-order chi connectivity index (χ0) is 20.1. The van der Waals surface area contributed by atoms with Gasteiger partial charge in [0, 0.05) is 21.9 Å². The number of ether oxygens (including phenoxy) is 1. The monoisotopic (exact) mass is 416 g/mol. The van der Waals surface area contributed by atoms with E-state index in [-0.39, 0.29) is 13.2 Å². The molecule has 0 bridgehead atoms. The highest BCUT2D eigenvalue weighted by atomic mass is 32.1. The van der Waals surface area contributed by atoms with Crippen LogP contribution >= 0.6 is 11.3 Å². The zero-order valence-corrected chi connectivity index (χ0v) is 16.3. The van der Waals surface area contributed by atoms with E-state index in [1.165, 1.54) is 27.1 Å². The van der Waals surface area contributed by atoms with Crippen molar-refractivity contribution in [2.24, 2.45) is 7.05 Å². The normalized spacial score (nSPS) is 18.4. The van der Waals surface area contributed by atoms with E-state index < -0.39 is 18.0 Å². The van der Waals surface area contributed by atoms with Crippen LogP contribution in [0.2, 0.25) is 0 Å². The van der Waals surface area contributed by atoms with Gasteiger partial charge < -0.3 is 14.7 Å². The number of aryl methyl sites for hydroxylation is 1. The number of hydrogen-bond acceptors (Lipinski definition) is 8. The number of tetrazole rings is 1. The summed E-state index contributed by atoms with van der Waals surface area (Å²) in [5.41, 5.74) is 2.02. The average Bonchev–Trinajstić information content (AvgIpc) is 3.44. The molecule has 1 fully saturated rings. The molecule has 29 heavy (non-hydrogen) atoms. The van der Waals surface area contributed by atoms with E-state index in [1.807, 2.05) is 11.0 Å². The maximum atomic E-state index is 14.8. The number of anilines is 2. The molecule has 150 valence electrons. The fourth-order valence-corrected chi connectivity index (χ4v) is 4.76. The summed E-state index contributed by atoms with van der Waals surface area (Å²) in [6.07, 6.45) is -1.17. The lowest BCUT2D eigenvalue weighted by Gasteiger charge is -2.14. The molecule has 1 saturated heterocycles. The number of rotatable bonds is 4. The number of amides is 1. The molecule has 9 nitrogen and oxygen atoms in total. The Balaban J connectivity index is 1.36. The van der Waals surface area contributed by atoms with Crippen LogP contribution in [0.3, 0.4) is 0 Å². The first-order chi connectivity index (χ1) is 14.0. The number of nitrogens with zero attached hydrogens (tertiary/aromatic N) is 6. The second kappa shape index (κ2) is 6.78. The van der Waals surface area contributed by atoms with Gasteiger partial charge in [0.2, 0.25) is 0 Å². The summed E-state index contributed by atoms with van der Waals surface area (Å²) in [7, 11) is 1.72. The predicted octanol–water partition coefficient (Wildman–Crippen LogP) is 1.92. The molecule has 2 aliphatic rings. The van der Waals surface area contributed by atoms with E-state index in [1.54, 1.807) is 19.2 Å². The number of carbonyl (C=O) groups is 1. The molecule has 0 aliphatic carbocycles. The molecule has 1 amide bonds. The molecule has 4 heterocycles. The standard InChI is InChI=1S/C18H17FN6O3S/c1-23-21-17(20-22-23)24-6-10-4-15(29-16(10)8-24)13-3-2-11(5-14(13)19)25-7-12(9-26)28-18(25)27/h2-5,12,26H,6-9H2,1H3/t12-/m1/s1. The lowest BCUT2D eigenvalue weighted by atomic mass is 10.1. The molecule has 2 aromatic heterocycles. The number of fused-ring (bicyclic) bond motifs is 1. The second-order valence-corrected chi connectivity index (χ2v) is 8.09. The van der Waals surface area contributed by atoms with Crippen molar-refractivity contribution in [3.8, 4) is 10.4 Å². The van der Waals surface area contributed by atoms with Crippen LogP contribution in [0.25, 0.3) is 10.4 Å². The van der Waals surface area contributed by atoms with Gasteiger partial charge in [-0.15, -0.1) is 16.4 Å². The van der Waals surface area contributed by atoms with Crippen LogP contribution in [-0.2, 0) is 24.9 Å². The first kappa shape index (κ1) is 18.0. The molecular weight excluding hydrogens is 399 g/mol. The van der Waals surface area contributed by atoms with Gasteiger partial charge >= 0.3 is 6.09 Å². The first-order valence-electron chi connectivity index (χ1n) is 9.01. The van der Waals surface area contributed by atoms with Crippen LogP contribution < -0.4 is 9.80 Å². The van der Waals surface area contributed by atoms with Crippen molar-refractivity contribution >= 4 is 29.1 Å². The molecule has 0 unspecified atom stereocenters. The van der Waals surface area contributed by atoms with Gasteiger partial charge in [-0.3, -0.25) is 4.90 Å². The summed E-state index contributed by atoms with van der Waals surface area (Å²) in [6, 6.07) is 6.69. The van der Waals surface area contributed by atoms with E-state index in [0.717, 1.165) is 15.3 Å². The van der Waals surface area contributed by atoms with Crippen molar-refractivity contribution in [3.05, 3.63) is 40.5 Å². The van der Waals surface area contributed by atoms with E-state index in [2.05, 4.69) is 15.4 Å². The van der Waals surface area contributed by atoms with Crippen molar-refractivity contribution < 1.29 is 19.0 Å². The minimum atomic E-state index is -0.586. The lowest BCUT2D eigenvalue weighted by molar-refractivity contribution is 0.0963. The number of aliphatic hydroxyl groups excluding tert-OH is 1. The van der Waals surface area contributed by atoms with Crippen LogP contribution in [0, 0.1) is 5.82 Å². The van der Waals surface area contributed by atoms with Crippen molar-refractivity contribution in [1.29, 1.82) is 0 Å². The average molecular weight is 416 g/mol. The molecular formula is C18H17FN6O3S. The Morgan fingerprint density at radius 2 is 2.21 bits per heavy atom. The molecule has 1 aromatic carbocycles. The quantitative estimate of drug-likeness (QED) is 0.694. The van der Waals surface area contributed by atoms with Gasteiger partial charge in [0.05, 0.1) is 32.4 Å². The maximum Gasteiger partial charge on any atom is 0.414 e. The number of benzene rings is 1. The summed E-state index contributed by atoms with van der Waals surface area (Å²) in [5, 5.41) is 21.3. The van der Waals surface area contributed by atoms with Crippen LogP contribution in [-0.4, -0.2) is 50.7 Å². The predicted molar refractivity (Wildman–Crippen MR) is 103 cm³/mol. The highest BCUT2D eigenvalue weighted by Gasteiger charge is 2.32. The fraction of sp³-hybridized carbons (Fsp3) is 0.333. The Morgan fingerprint density at radius 1 is 1.34 bits per heavy atom. The molecule has 1 N–H and O–H groups in total. The van der Waals surface area contributed by atoms with Gasteiger partial charge in [-0.1, -0.05) is 5.10 Å². The Kier molecular flexibility index (Phi) is 4.21. The topological polar surface area (TPSA) is 96.6 Å². The number of aliphatic hydroxyl groups is 1. The van der Waals surface area contributed by atoms with E-state index in [4.69, 9.17) is 9.84 Å². The Labute approximate surface area is 168 Å². The summed E-state index contributed by atoms with van der Waals surface area (Å²) in [5.74, 6) is 0.168. The highest BCUT2D eigenvalue weighted by molar-refractivity contribution is 7.15. The Bertz CT molecular complexity index is 1080. The van der Waals surface area contributed by atoms with E-state index in [0.29, 0.717) is 30.3 Å². The minimum Gasteiger partial charge on any atom is -0.441 e. The highest BCUT2D eigenvalue weighted by Crippen LogP contribution is 2.39. The smallest absolute Gasteiger partial charge is 0.414 e. The van der Waals surface area contributed by atoms with Crippen LogP contribution in [0.15, 0.2) is 24.3 Å². The van der Waals surface area contributed by atoms with Crippen molar-refractivity contribution in [1.82, 2.24) is 20.2 Å². The number of cyclic esters (lactones) is 1. The molecule has 11 heteroatoms. The largest absolute Gasteiger partial charge is 0.441 e. The first-order valence-corrected chi connectivity index (χ1v) is 9.83. The number of carbonyl (C=O) groups excluding carboxylic acids is 1. The SMILES string of the molecule is Cn1nnc(N2Cc3cc(-c4ccc(N5C[C@H](CO)OC5=O)cc4F)sc3C2)n1. The third kappa shape index (κ3) is 3.12. The molecule has 1 atom stereocenters. The summed E-state index contributed by atoms with van der Waals surface area (Å²) >= 11 is 1.53. The lowest BCUT2D eigenvalue weighted by Crippen LogP contribution is -2.25. The van der Waals surface area contributed by atoms with Gasteiger partial charge in [-0.25, -0.2) is 9.18 Å². The van der Waals surface area contributed by atoms with Gasteiger partial charge in [0.25, 0.3) is 5.95 Å². The molecule has 0 saturated carbocycles. The third-order valence-electron chi connectivity index (χ3n) is 4.98. The number of aromatic nitrogens is 4. The third-order valence-corrected chi connectivity index (χ3v) is 6.18. The summed E-state index contributed by atoms with van der Waals surface area (Å²) in [6.45, 7) is 1.26. The van der Waals surface area contributed by atoms with Crippen LogP contribution in [0.5, 0.6) is 0 Å². The molecule has 0 radical (unpaired) electrons. The van der Waals surface area contributed by atoms with Crippen molar-refractivity contribution in [2.75, 3.05) is 23.0 Å². The second-order valence-electron chi connectivity index (χ2n) is 6.96. The van der Waals surface area contributed by atoms with Crippen LogP contribution in [0.1, 0.15) is 10.4 Å². The number of hydrogen-bond donors (Lipinski definition) is 1. The minimum absolute atomic E-state index is 0.202. The molecule has 2 aliphatic heterocycles. The van der Waals surface area contributed by atoms with Crippen molar-refractivity contribution in [3.63, 3.8) is 0 Å². The Hall–Kier alpha value is -3.05. The zero-order valence-electron chi connectivity index (χ0n) is 15.4. The summed E-state index contributed by atoms with van der Waals surface area (Å²) in [4.78, 5) is 18.7. The number of thiophene rings is 1. The van der Waals surface area contributed by atoms with Crippen LogP contribution in [0.4, 0.5) is 20.8 Å². The van der Waals surface area contributed by atoms with Crippen molar-refractivity contribution in [2.45, 2.75) is 19.2 Å². The fourth-order valence-electron chi connectivity index (χ4n) is 3.54. The molecule has 3 aromatic rings. The van der Waals surface area contributed by atoms with E-state index >= 15 is 0 Å². The number of halogens is 1. The summed E-state index contributed by atoms with van der Waals surface area (Å²) < 4.78 is 19.9. The Morgan fingerprint density at radius 3 is 2.86 bits per heavy atom. The molecule has 0 spiro atoms. The van der Waals surface area contributed by atoms with Gasteiger partial charge in [-0.2, -0.15) is 4.80 Å². The molecule has 5 rings (SSSR count). The van der Waals surface area contributed by atoms with Gasteiger partial charge in [0.1, 0.15) is 11.9 Å². The van der Waals surface area contributed by atoms with Gasteiger partial charge in [0.15, 0.2) is 0 Å². The van der Waals surface area contributed by atoms with E-state index in [9.17, 15) is 9.18 Å². The van der Waals surface area contributed by atoms with Gasteiger partial charge in [-0.05, 0) is 35.0 Å².